The van der Waals surface area contributed by atoms with E-state index in [1.807, 2.05) is 25.7 Å². The first-order valence-corrected chi connectivity index (χ1v) is 9.72. The van der Waals surface area contributed by atoms with Crippen molar-refractivity contribution in [2.45, 2.75) is 32.9 Å². The van der Waals surface area contributed by atoms with Crippen molar-refractivity contribution < 1.29 is 27.5 Å². The van der Waals surface area contributed by atoms with E-state index in [9.17, 15) is 22.8 Å². The van der Waals surface area contributed by atoms with Crippen LogP contribution in [0.15, 0.2) is 18.2 Å². The molecule has 2 aliphatic rings. The Kier molecular flexibility index (Phi) is 6.28. The van der Waals surface area contributed by atoms with Gasteiger partial charge in [0, 0.05) is 55.0 Å². The van der Waals surface area contributed by atoms with E-state index < -0.39 is 12.4 Å². The van der Waals surface area contributed by atoms with Crippen LogP contribution in [0.2, 0.25) is 0 Å². The molecule has 0 saturated carbocycles. The number of anilines is 1. The minimum absolute atomic E-state index is 0.00167. The molecule has 30 heavy (non-hydrogen) atoms. The summed E-state index contributed by atoms with van der Waals surface area (Å²) < 4.78 is 42.3. The molecule has 166 valence electrons. The molecule has 0 bridgehead atoms. The number of hydrogen-bond acceptors (Lipinski definition) is 5. The van der Waals surface area contributed by atoms with E-state index in [2.05, 4.69) is 20.3 Å². The highest BCUT2D eigenvalue weighted by Gasteiger charge is 2.51. The van der Waals surface area contributed by atoms with Crippen LogP contribution in [0.4, 0.5) is 18.9 Å². The van der Waals surface area contributed by atoms with E-state index in [1.165, 1.54) is 0 Å². The Balaban J connectivity index is 1.39. The van der Waals surface area contributed by atoms with Crippen LogP contribution in [-0.4, -0.2) is 73.0 Å². The average molecular weight is 428 g/mol. The van der Waals surface area contributed by atoms with Crippen molar-refractivity contribution in [2.75, 3.05) is 44.6 Å². The van der Waals surface area contributed by atoms with Gasteiger partial charge < -0.3 is 15.4 Å². The van der Waals surface area contributed by atoms with Gasteiger partial charge in [0.1, 0.15) is 11.6 Å². The second-order valence-corrected chi connectivity index (χ2v) is 9.19. The largest absolute Gasteiger partial charge is 0.435 e. The summed E-state index contributed by atoms with van der Waals surface area (Å²) in [5.74, 6) is -1.50. The highest BCUT2D eigenvalue weighted by atomic mass is 19.3. The monoisotopic (exact) mass is 428 g/mol. The molecular weight excluding hydrogens is 401 g/mol. The molecule has 1 aromatic carbocycles. The first-order chi connectivity index (χ1) is 13.9. The van der Waals surface area contributed by atoms with Crippen molar-refractivity contribution >= 4 is 17.5 Å². The molecule has 2 heterocycles. The molecule has 10 heteroatoms. The summed E-state index contributed by atoms with van der Waals surface area (Å²) in [6.07, 6.45) is 0. The molecule has 2 amide bonds. The summed E-state index contributed by atoms with van der Waals surface area (Å²) in [5, 5.41) is 5.44. The number of ether oxygens (including phenoxy) is 1. The Hall–Kier alpha value is -2.33. The van der Waals surface area contributed by atoms with Gasteiger partial charge >= 0.3 is 6.61 Å². The molecular formula is C20H27F3N4O3. The Morgan fingerprint density at radius 3 is 2.17 bits per heavy atom. The molecule has 0 radical (unpaired) electrons. The van der Waals surface area contributed by atoms with Crippen LogP contribution in [0.5, 0.6) is 5.75 Å². The zero-order chi connectivity index (χ0) is 22.1. The molecule has 2 aliphatic heterocycles. The van der Waals surface area contributed by atoms with E-state index in [4.69, 9.17) is 0 Å². The van der Waals surface area contributed by atoms with E-state index in [0.29, 0.717) is 6.54 Å². The fraction of sp³-hybridized carbons (Fsp3) is 0.600. The van der Waals surface area contributed by atoms with Crippen molar-refractivity contribution in [3.63, 3.8) is 0 Å². The van der Waals surface area contributed by atoms with Crippen LogP contribution in [0, 0.1) is 11.2 Å². The second kappa shape index (κ2) is 8.43. The highest BCUT2D eigenvalue weighted by molar-refractivity contribution is 5.92. The molecule has 0 aromatic heterocycles. The van der Waals surface area contributed by atoms with Crippen LogP contribution in [0.25, 0.3) is 0 Å². The number of halogens is 3. The summed E-state index contributed by atoms with van der Waals surface area (Å²) in [6.45, 7) is 6.31. The number of nitrogens with one attached hydrogen (secondary N) is 2. The number of hydrogen-bond donors (Lipinski definition) is 2. The lowest BCUT2D eigenvalue weighted by molar-refractivity contribution is -0.141. The highest BCUT2D eigenvalue weighted by Crippen LogP contribution is 2.39. The van der Waals surface area contributed by atoms with Gasteiger partial charge in [0.05, 0.1) is 13.1 Å². The Morgan fingerprint density at radius 2 is 1.63 bits per heavy atom. The molecule has 3 rings (SSSR count). The number of likely N-dealkylation sites (tertiary alicyclic amines) is 2. The van der Waals surface area contributed by atoms with Gasteiger partial charge in [-0.1, -0.05) is 0 Å². The van der Waals surface area contributed by atoms with Crippen LogP contribution >= 0.6 is 0 Å². The van der Waals surface area contributed by atoms with Crippen LogP contribution in [0.1, 0.15) is 20.8 Å². The Bertz CT molecular complexity index is 799. The van der Waals surface area contributed by atoms with Gasteiger partial charge in [-0.05, 0) is 26.8 Å². The molecule has 0 aliphatic carbocycles. The lowest BCUT2D eigenvalue weighted by Crippen LogP contribution is -2.73. The second-order valence-electron chi connectivity index (χ2n) is 9.19. The normalized spacial score (nSPS) is 18.6. The molecule has 1 spiro atoms. The van der Waals surface area contributed by atoms with Crippen LogP contribution in [-0.2, 0) is 9.59 Å². The van der Waals surface area contributed by atoms with Crippen LogP contribution < -0.4 is 15.4 Å². The van der Waals surface area contributed by atoms with E-state index >= 15 is 0 Å². The molecule has 2 saturated heterocycles. The standard InChI is InChI=1S/C20H27F3N4O3/c1-19(2,3)25-17(29)8-27-11-20(12-27)9-26(10-20)7-16(28)24-14-4-13(21)5-15(6-14)30-18(22)23/h4-6,18H,7-12H2,1-3H3,(H,24,28)(H,25,29). The number of alkyl halides is 2. The smallest absolute Gasteiger partial charge is 0.387 e. The zero-order valence-electron chi connectivity index (χ0n) is 17.3. The van der Waals surface area contributed by atoms with Gasteiger partial charge in [-0.15, -0.1) is 0 Å². The van der Waals surface area contributed by atoms with Crippen molar-refractivity contribution in [1.29, 1.82) is 0 Å². The van der Waals surface area contributed by atoms with Crippen molar-refractivity contribution in [3.05, 3.63) is 24.0 Å². The fourth-order valence-corrected chi connectivity index (χ4v) is 4.10. The third kappa shape index (κ3) is 6.09. The molecule has 0 unspecified atom stereocenters. The number of carbonyl (C=O) groups excluding carboxylic acids is 2. The van der Waals surface area contributed by atoms with Crippen LogP contribution in [0.3, 0.4) is 0 Å². The van der Waals surface area contributed by atoms with Gasteiger partial charge in [0.15, 0.2) is 0 Å². The number of nitrogens with zero attached hydrogens (tertiary/aromatic N) is 2. The summed E-state index contributed by atoms with van der Waals surface area (Å²) >= 11 is 0. The zero-order valence-corrected chi connectivity index (χ0v) is 17.3. The van der Waals surface area contributed by atoms with Gasteiger partial charge in [-0.2, -0.15) is 8.78 Å². The number of amides is 2. The maximum atomic E-state index is 13.5. The van der Waals surface area contributed by atoms with Gasteiger partial charge in [0.25, 0.3) is 0 Å². The van der Waals surface area contributed by atoms with Gasteiger partial charge in [-0.25, -0.2) is 4.39 Å². The summed E-state index contributed by atoms with van der Waals surface area (Å²) in [6, 6.07) is 3.02. The molecule has 1 aromatic rings. The lowest BCUT2D eigenvalue weighted by Gasteiger charge is -2.60. The molecule has 2 N–H and O–H groups in total. The third-order valence-electron chi connectivity index (χ3n) is 4.87. The Morgan fingerprint density at radius 1 is 1.07 bits per heavy atom. The van der Waals surface area contributed by atoms with E-state index in [-0.39, 0.29) is 40.7 Å². The molecule has 2 fully saturated rings. The lowest BCUT2D eigenvalue weighted by atomic mass is 9.73. The summed E-state index contributed by atoms with van der Waals surface area (Å²) in [7, 11) is 0. The topological polar surface area (TPSA) is 73.9 Å². The van der Waals surface area contributed by atoms with Gasteiger partial charge in [-0.3, -0.25) is 19.4 Å². The average Bonchev–Trinajstić information content (AvgIpc) is 2.47. The third-order valence-corrected chi connectivity index (χ3v) is 4.87. The van der Waals surface area contributed by atoms with Gasteiger partial charge in [0.2, 0.25) is 11.8 Å². The fourth-order valence-electron chi connectivity index (χ4n) is 4.10. The molecule has 0 atom stereocenters. The van der Waals surface area contributed by atoms with E-state index in [0.717, 1.165) is 44.4 Å². The molecule has 7 nitrogen and oxygen atoms in total. The first-order valence-electron chi connectivity index (χ1n) is 9.72. The Labute approximate surface area is 173 Å². The predicted molar refractivity (Wildman–Crippen MR) is 105 cm³/mol. The van der Waals surface area contributed by atoms with E-state index in [1.54, 1.807) is 0 Å². The number of benzene rings is 1. The maximum Gasteiger partial charge on any atom is 0.387 e. The van der Waals surface area contributed by atoms with Crippen molar-refractivity contribution in [1.82, 2.24) is 15.1 Å². The minimum atomic E-state index is -3.07. The SMILES string of the molecule is CC(C)(C)NC(=O)CN1CC2(CN(CC(=O)Nc3cc(F)cc(OC(F)F)c3)C2)C1. The summed E-state index contributed by atoms with van der Waals surface area (Å²) in [4.78, 5) is 28.2. The van der Waals surface area contributed by atoms with Crippen molar-refractivity contribution in [2.24, 2.45) is 5.41 Å². The number of rotatable bonds is 7. The minimum Gasteiger partial charge on any atom is -0.435 e. The predicted octanol–water partition coefficient (Wildman–Crippen LogP) is 1.90. The maximum absolute atomic E-state index is 13.5. The first kappa shape index (κ1) is 22.4. The van der Waals surface area contributed by atoms with Crippen molar-refractivity contribution in [3.8, 4) is 5.75 Å². The summed E-state index contributed by atoms with van der Waals surface area (Å²) in [5.41, 5.74) is -0.0844. The number of carbonyl (C=O) groups is 2. The quantitative estimate of drug-likeness (QED) is 0.694.